The Balaban J connectivity index is 0.00000256. The number of ether oxygens (including phenoxy) is 1. The molecule has 0 aliphatic carbocycles. The molecule has 0 aliphatic heterocycles. The van der Waals surface area contributed by atoms with Gasteiger partial charge in [-0.15, -0.1) is 12.4 Å². The van der Waals surface area contributed by atoms with Crippen LogP contribution in [0.25, 0.3) is 0 Å². The van der Waals surface area contributed by atoms with Gasteiger partial charge in [0.1, 0.15) is 5.82 Å². The highest BCUT2D eigenvalue weighted by molar-refractivity contribution is 9.10. The highest BCUT2D eigenvalue weighted by Crippen LogP contribution is 2.26. The van der Waals surface area contributed by atoms with Crippen molar-refractivity contribution in [3.05, 3.63) is 34.1 Å². The van der Waals surface area contributed by atoms with Crippen LogP contribution in [0.5, 0.6) is 0 Å². The minimum absolute atomic E-state index is 0. The summed E-state index contributed by atoms with van der Waals surface area (Å²) in [7, 11) is 0. The summed E-state index contributed by atoms with van der Waals surface area (Å²) < 4.78 is 18.8. The number of halogens is 3. The van der Waals surface area contributed by atoms with Crippen LogP contribution in [-0.2, 0) is 9.53 Å². The molecule has 0 heterocycles. The number of nitrogens with two attached hydrogens (primary N) is 1. The van der Waals surface area contributed by atoms with E-state index in [0.29, 0.717) is 16.6 Å². The summed E-state index contributed by atoms with van der Waals surface area (Å²) in [4.78, 5) is 11.2. The molecule has 1 aromatic carbocycles. The summed E-state index contributed by atoms with van der Waals surface area (Å²) in [5.74, 6) is -0.851. The van der Waals surface area contributed by atoms with E-state index in [1.165, 1.54) is 6.07 Å². The average molecular weight is 327 g/mol. The predicted octanol–water partition coefficient (Wildman–Crippen LogP) is 2.96. The van der Waals surface area contributed by atoms with E-state index in [0.717, 1.165) is 0 Å². The predicted molar refractivity (Wildman–Crippen MR) is 69.5 cm³/mol. The van der Waals surface area contributed by atoms with Crippen LogP contribution in [0, 0.1) is 5.82 Å². The van der Waals surface area contributed by atoms with Gasteiger partial charge >= 0.3 is 5.97 Å². The molecule has 0 aromatic heterocycles. The highest BCUT2D eigenvalue weighted by atomic mass is 79.9. The van der Waals surface area contributed by atoms with E-state index in [-0.39, 0.29) is 18.8 Å². The fraction of sp³-hybridized carbons (Fsp3) is 0.364. The Bertz CT molecular complexity index is 369. The molecule has 0 amide bonds. The van der Waals surface area contributed by atoms with Gasteiger partial charge in [0.05, 0.1) is 13.0 Å². The molecule has 1 rings (SSSR count). The SMILES string of the molecule is CCOC(=O)C[C@H](N)c1c(F)cccc1Br.Cl. The summed E-state index contributed by atoms with van der Waals surface area (Å²) in [6, 6.07) is 3.86. The number of carbonyl (C=O) groups excluding carboxylic acids is 1. The van der Waals surface area contributed by atoms with Crippen LogP contribution in [0.15, 0.2) is 22.7 Å². The third kappa shape index (κ3) is 4.61. The van der Waals surface area contributed by atoms with Gasteiger partial charge < -0.3 is 10.5 Å². The molecular formula is C11H14BrClFNO2. The Hall–Kier alpha value is -0.650. The van der Waals surface area contributed by atoms with Crippen molar-refractivity contribution in [2.45, 2.75) is 19.4 Å². The molecule has 0 fully saturated rings. The number of rotatable bonds is 4. The van der Waals surface area contributed by atoms with Gasteiger partial charge in [-0.3, -0.25) is 4.79 Å². The average Bonchev–Trinajstić information content (AvgIpc) is 2.17. The summed E-state index contributed by atoms with van der Waals surface area (Å²) in [5, 5.41) is 0. The van der Waals surface area contributed by atoms with E-state index in [2.05, 4.69) is 15.9 Å². The van der Waals surface area contributed by atoms with Gasteiger partial charge in [-0.25, -0.2) is 4.39 Å². The van der Waals surface area contributed by atoms with Crippen molar-refractivity contribution in [1.29, 1.82) is 0 Å². The van der Waals surface area contributed by atoms with Crippen molar-refractivity contribution in [2.24, 2.45) is 5.73 Å². The first-order valence-corrected chi connectivity index (χ1v) is 5.70. The van der Waals surface area contributed by atoms with Crippen molar-refractivity contribution in [2.75, 3.05) is 6.61 Å². The van der Waals surface area contributed by atoms with Gasteiger partial charge in [0.15, 0.2) is 0 Å². The third-order valence-electron chi connectivity index (χ3n) is 2.06. The molecule has 2 N–H and O–H groups in total. The van der Waals surface area contributed by atoms with Crippen molar-refractivity contribution in [3.8, 4) is 0 Å². The molecule has 17 heavy (non-hydrogen) atoms. The molecule has 1 aromatic rings. The van der Waals surface area contributed by atoms with Gasteiger partial charge in [-0.05, 0) is 19.1 Å². The fourth-order valence-corrected chi connectivity index (χ4v) is 2.00. The second kappa shape index (κ2) is 7.63. The van der Waals surface area contributed by atoms with E-state index in [1.807, 2.05) is 0 Å². The van der Waals surface area contributed by atoms with E-state index in [1.54, 1.807) is 19.1 Å². The standard InChI is InChI=1S/C11H13BrFNO2.ClH/c1-2-16-10(15)6-9(14)11-7(12)4-3-5-8(11)13;/h3-5,9H,2,6,14H2,1H3;1H/t9-;/m0./s1. The lowest BCUT2D eigenvalue weighted by molar-refractivity contribution is -0.143. The maximum Gasteiger partial charge on any atom is 0.307 e. The van der Waals surface area contributed by atoms with Crippen LogP contribution in [0.3, 0.4) is 0 Å². The Morgan fingerprint density at radius 2 is 2.24 bits per heavy atom. The molecular weight excluding hydrogens is 312 g/mol. The largest absolute Gasteiger partial charge is 0.466 e. The van der Waals surface area contributed by atoms with Gasteiger partial charge in [0, 0.05) is 16.1 Å². The highest BCUT2D eigenvalue weighted by Gasteiger charge is 2.18. The van der Waals surface area contributed by atoms with E-state index >= 15 is 0 Å². The Kier molecular flexibility index (Phi) is 7.34. The maximum absolute atomic E-state index is 13.5. The molecule has 0 saturated heterocycles. The topological polar surface area (TPSA) is 52.3 Å². The van der Waals surface area contributed by atoms with Crippen LogP contribution in [0.1, 0.15) is 24.9 Å². The molecule has 0 spiro atoms. The minimum atomic E-state index is -0.699. The first-order valence-electron chi connectivity index (χ1n) is 4.91. The molecule has 0 unspecified atom stereocenters. The van der Waals surface area contributed by atoms with Crippen molar-refractivity contribution < 1.29 is 13.9 Å². The van der Waals surface area contributed by atoms with Crippen molar-refractivity contribution in [1.82, 2.24) is 0 Å². The van der Waals surface area contributed by atoms with E-state index in [9.17, 15) is 9.18 Å². The summed E-state index contributed by atoms with van der Waals surface area (Å²) in [6.45, 7) is 2.01. The minimum Gasteiger partial charge on any atom is -0.466 e. The zero-order valence-electron chi connectivity index (χ0n) is 9.28. The number of carbonyl (C=O) groups is 1. The zero-order chi connectivity index (χ0) is 12.1. The van der Waals surface area contributed by atoms with E-state index < -0.39 is 17.8 Å². The first-order chi connectivity index (χ1) is 7.56. The second-order valence-electron chi connectivity index (χ2n) is 3.25. The lowest BCUT2D eigenvalue weighted by Gasteiger charge is -2.13. The second-order valence-corrected chi connectivity index (χ2v) is 4.11. The lowest BCUT2D eigenvalue weighted by atomic mass is 10.0. The van der Waals surface area contributed by atoms with Gasteiger partial charge in [0.25, 0.3) is 0 Å². The quantitative estimate of drug-likeness (QED) is 0.866. The molecule has 0 radical (unpaired) electrons. The fourth-order valence-electron chi connectivity index (χ4n) is 1.37. The summed E-state index contributed by atoms with van der Waals surface area (Å²) in [5.41, 5.74) is 6.06. The van der Waals surface area contributed by atoms with Crippen molar-refractivity contribution >= 4 is 34.3 Å². The normalized spacial score (nSPS) is 11.5. The van der Waals surface area contributed by atoms with E-state index in [4.69, 9.17) is 10.5 Å². The van der Waals surface area contributed by atoms with Crippen LogP contribution in [-0.4, -0.2) is 12.6 Å². The molecule has 0 aliphatic rings. The molecule has 6 heteroatoms. The molecule has 1 atom stereocenters. The van der Waals surface area contributed by atoms with Crippen molar-refractivity contribution in [3.63, 3.8) is 0 Å². The first kappa shape index (κ1) is 16.4. The summed E-state index contributed by atoms with van der Waals surface area (Å²) in [6.07, 6.45) is -0.0344. The van der Waals surface area contributed by atoms with Crippen LogP contribution in [0.2, 0.25) is 0 Å². The Morgan fingerprint density at radius 3 is 2.76 bits per heavy atom. The van der Waals surface area contributed by atoms with Gasteiger partial charge in [-0.1, -0.05) is 22.0 Å². The number of esters is 1. The van der Waals surface area contributed by atoms with Crippen LogP contribution in [0.4, 0.5) is 4.39 Å². The third-order valence-corrected chi connectivity index (χ3v) is 2.75. The molecule has 0 saturated carbocycles. The Morgan fingerprint density at radius 1 is 1.59 bits per heavy atom. The maximum atomic E-state index is 13.5. The van der Waals surface area contributed by atoms with Crippen LogP contribution >= 0.6 is 28.3 Å². The molecule has 0 bridgehead atoms. The number of hydrogen-bond acceptors (Lipinski definition) is 3. The smallest absolute Gasteiger partial charge is 0.307 e. The monoisotopic (exact) mass is 325 g/mol. The summed E-state index contributed by atoms with van der Waals surface area (Å²) >= 11 is 3.20. The number of hydrogen-bond donors (Lipinski definition) is 1. The number of benzene rings is 1. The van der Waals surface area contributed by atoms with Gasteiger partial charge in [0.2, 0.25) is 0 Å². The Labute approximate surface area is 114 Å². The van der Waals surface area contributed by atoms with Crippen LogP contribution < -0.4 is 5.73 Å². The molecule has 3 nitrogen and oxygen atoms in total. The zero-order valence-corrected chi connectivity index (χ0v) is 11.7. The van der Waals surface area contributed by atoms with Gasteiger partial charge in [-0.2, -0.15) is 0 Å². The molecule has 96 valence electrons. The lowest BCUT2D eigenvalue weighted by Crippen LogP contribution is -2.18.